The summed E-state index contributed by atoms with van der Waals surface area (Å²) in [6.45, 7) is -2.74. The number of thiazole rings is 1. The van der Waals surface area contributed by atoms with E-state index >= 15 is 0 Å². The molecule has 20 heteroatoms. The van der Waals surface area contributed by atoms with Gasteiger partial charge < -0.3 is 10.0 Å². The van der Waals surface area contributed by atoms with Crippen molar-refractivity contribution in [2.45, 2.75) is 43.5 Å². The van der Waals surface area contributed by atoms with Crippen LogP contribution in [0.5, 0.6) is 0 Å². The second-order valence-corrected chi connectivity index (χ2v) is 15.5. The van der Waals surface area contributed by atoms with E-state index in [9.17, 15) is 26.7 Å². The lowest BCUT2D eigenvalue weighted by molar-refractivity contribution is -0.0137. The second kappa shape index (κ2) is 13.5. The Hall–Kier alpha value is -4.53. The van der Waals surface area contributed by atoms with Crippen LogP contribution in [0.4, 0.5) is 13.2 Å². The predicted octanol–water partition coefficient (Wildman–Crippen LogP) is 4.31. The van der Waals surface area contributed by atoms with Gasteiger partial charge in [-0.25, -0.2) is 18.7 Å². The monoisotopic (exact) mass is 771 g/mol. The number of nitrogens with zero attached hydrogens (tertiary/aromatic N) is 10. The summed E-state index contributed by atoms with van der Waals surface area (Å²) in [5, 5.41) is 26.3. The zero-order chi connectivity index (χ0) is 36.2. The fourth-order valence-corrected chi connectivity index (χ4v) is 9.07. The number of aliphatic hydroxyl groups is 1. The van der Waals surface area contributed by atoms with Crippen molar-refractivity contribution >= 4 is 44.6 Å². The molecule has 7 heterocycles. The highest BCUT2D eigenvalue weighted by Crippen LogP contribution is 2.46. The largest absolute Gasteiger partial charge is 0.383 e. The summed E-state index contributed by atoms with van der Waals surface area (Å²) in [5.41, 5.74) is 1.21. The molecule has 0 aliphatic carbocycles. The first-order valence-corrected chi connectivity index (χ1v) is 18.8. The average Bonchev–Trinajstić information content (AvgIpc) is 3.96. The number of fused-ring (bicyclic) bond motifs is 1. The number of pyridine rings is 1. The van der Waals surface area contributed by atoms with Gasteiger partial charge >= 0.3 is 6.55 Å². The maximum absolute atomic E-state index is 14.2. The Kier molecular flexibility index (Phi) is 8.95. The number of rotatable bonds is 9. The fourth-order valence-electron chi connectivity index (χ4n) is 6.76. The van der Waals surface area contributed by atoms with Gasteiger partial charge in [0.1, 0.15) is 23.2 Å². The third-order valence-electron chi connectivity index (χ3n) is 9.31. The number of benzene rings is 1. The van der Waals surface area contributed by atoms with E-state index in [1.165, 1.54) is 38.5 Å². The summed E-state index contributed by atoms with van der Waals surface area (Å²) in [4.78, 5) is 15.3. The number of amidine groups is 1. The van der Waals surface area contributed by atoms with Gasteiger partial charge in [-0.3, -0.25) is 9.98 Å². The van der Waals surface area contributed by atoms with Crippen molar-refractivity contribution in [3.63, 3.8) is 0 Å². The van der Waals surface area contributed by atoms with Gasteiger partial charge in [-0.1, -0.05) is 22.9 Å². The van der Waals surface area contributed by atoms with Crippen LogP contribution in [0.1, 0.15) is 53.8 Å². The fraction of sp³-hybridized carbons (Fsp3) is 0.312. The Morgan fingerprint density at radius 2 is 1.96 bits per heavy atom. The number of aromatic nitrogens is 7. The van der Waals surface area contributed by atoms with Gasteiger partial charge in [0.25, 0.3) is 10.2 Å². The molecule has 14 nitrogen and oxygen atoms in total. The van der Waals surface area contributed by atoms with Crippen molar-refractivity contribution in [3.05, 3.63) is 111 Å². The molecule has 0 spiro atoms. The number of piperidine rings is 1. The van der Waals surface area contributed by atoms with Gasteiger partial charge in [0.05, 0.1) is 23.8 Å². The highest BCUT2D eigenvalue weighted by atomic mass is 35.5. The first kappa shape index (κ1) is 34.6. The van der Waals surface area contributed by atoms with E-state index in [2.05, 4.69) is 30.1 Å². The number of hydrogen-bond donors (Lipinski definition) is 2. The zero-order valence-electron chi connectivity index (χ0n) is 27.0. The molecule has 2 atom stereocenters. The predicted molar refractivity (Wildman–Crippen MR) is 184 cm³/mol. The summed E-state index contributed by atoms with van der Waals surface area (Å²) >= 11 is 7.87. The number of aliphatic imine (C=N–C) groups is 1. The molecule has 0 amide bonds. The van der Waals surface area contributed by atoms with Crippen LogP contribution in [0.2, 0.25) is 5.02 Å². The number of halogens is 4. The van der Waals surface area contributed by atoms with Crippen LogP contribution >= 0.6 is 22.9 Å². The zero-order valence-corrected chi connectivity index (χ0v) is 29.4. The van der Waals surface area contributed by atoms with Crippen LogP contribution in [0.15, 0.2) is 83.5 Å². The molecular formula is C32H29ClF3N11O3S2. The third kappa shape index (κ3) is 6.41. The van der Waals surface area contributed by atoms with Crippen molar-refractivity contribution < 1.29 is 26.7 Å². The maximum atomic E-state index is 14.2. The topological polar surface area (TPSA) is 160 Å². The Bertz CT molecular complexity index is 2280. The lowest BCUT2D eigenvalue weighted by atomic mass is 9.89. The van der Waals surface area contributed by atoms with Gasteiger partial charge in [0.2, 0.25) is 0 Å². The van der Waals surface area contributed by atoms with Crippen LogP contribution < -0.4 is 4.72 Å². The van der Waals surface area contributed by atoms with Crippen molar-refractivity contribution in [3.8, 4) is 5.69 Å². The Balaban J connectivity index is 1.08. The van der Waals surface area contributed by atoms with Crippen LogP contribution in [-0.2, 0) is 15.8 Å². The quantitative estimate of drug-likeness (QED) is 0.223. The first-order valence-electron chi connectivity index (χ1n) is 16.1. The van der Waals surface area contributed by atoms with Gasteiger partial charge in [-0.05, 0) is 43.2 Å². The Morgan fingerprint density at radius 1 is 1.13 bits per heavy atom. The molecule has 3 aliphatic heterocycles. The van der Waals surface area contributed by atoms with Crippen LogP contribution in [0.25, 0.3) is 11.3 Å². The van der Waals surface area contributed by atoms with Gasteiger partial charge in [-0.2, -0.15) is 31.3 Å². The minimum atomic E-state index is -4.08. The number of hydrogen-bond acceptors (Lipinski definition) is 11. The minimum absolute atomic E-state index is 0.0119. The Morgan fingerprint density at radius 3 is 2.65 bits per heavy atom. The molecule has 1 aromatic carbocycles. The minimum Gasteiger partial charge on any atom is -0.383 e. The van der Waals surface area contributed by atoms with Crippen LogP contribution in [0, 0.1) is 5.82 Å². The van der Waals surface area contributed by atoms with Gasteiger partial charge in [-0.15, -0.1) is 16.4 Å². The first-order chi connectivity index (χ1) is 25.0. The number of alkyl halides is 2. The second-order valence-electron chi connectivity index (χ2n) is 12.5. The molecule has 52 heavy (non-hydrogen) atoms. The molecular weight excluding hydrogens is 743 g/mol. The van der Waals surface area contributed by atoms with Crippen molar-refractivity contribution in [2.24, 2.45) is 4.99 Å². The van der Waals surface area contributed by atoms with Crippen LogP contribution in [0.3, 0.4) is 0 Å². The summed E-state index contributed by atoms with van der Waals surface area (Å²) in [6.07, 6.45) is 7.91. The molecule has 5 aromatic rings. The highest BCUT2D eigenvalue weighted by molar-refractivity contribution is 7.87. The van der Waals surface area contributed by atoms with Crippen LogP contribution in [-0.4, -0.2) is 89.0 Å². The molecule has 8 rings (SSSR count). The van der Waals surface area contributed by atoms with E-state index in [0.29, 0.717) is 43.7 Å². The molecule has 0 saturated carbocycles. The molecule has 0 radical (unpaired) electrons. The smallest absolute Gasteiger partial charge is 0.333 e. The molecule has 3 aliphatic rings. The third-order valence-corrected chi connectivity index (χ3v) is 12.1. The standard InChI is InChI=1S/C32H29ClF3N11O3S2/c33-23-14-19(34)3-4-22(23)28-27(24-5-10-46(41-24)31(35)36)25-15-20(17-45(25)29(39-28)30-38-9-13-51-30)42-52(49,50)44-11-6-32(48,7-12-44)26-18-47(43-40-26)21-2-1-8-37-16-21/h1-5,8-10,13-14,16,18,20,28,31,42,48H,6-7,11-12,15,17H2/t20?,28-/m0/s1. The van der Waals surface area contributed by atoms with E-state index in [0.717, 1.165) is 12.3 Å². The normalized spacial score (nSPS) is 20.8. The molecule has 2 saturated heterocycles. The summed E-state index contributed by atoms with van der Waals surface area (Å²) in [6, 6.07) is 7.27. The lowest BCUT2D eigenvalue weighted by Crippen LogP contribution is -2.51. The van der Waals surface area contributed by atoms with E-state index < -0.39 is 40.3 Å². The van der Waals surface area contributed by atoms with Crippen molar-refractivity contribution in [2.75, 3.05) is 19.6 Å². The number of nitrogens with one attached hydrogen (secondary N) is 1. The molecule has 270 valence electrons. The highest BCUT2D eigenvalue weighted by Gasteiger charge is 2.44. The van der Waals surface area contributed by atoms with Crippen molar-refractivity contribution in [1.29, 1.82) is 0 Å². The Labute approximate surface area is 304 Å². The van der Waals surface area contributed by atoms with Gasteiger partial charge in [0, 0.05) is 77.9 Å². The van der Waals surface area contributed by atoms with E-state index in [1.54, 1.807) is 42.3 Å². The van der Waals surface area contributed by atoms with Crippen molar-refractivity contribution in [1.82, 2.24) is 48.7 Å². The SMILES string of the molecule is O=S(=O)(NC1CC2=C(c3ccn(C(F)F)n3)[C@H](c3ccc(F)cc3Cl)N=C(c3nccs3)N2C1)N1CCC(O)(c2cn(-c3cccnc3)nn2)CC1. The molecule has 1 unspecified atom stereocenters. The van der Waals surface area contributed by atoms with E-state index in [1.807, 2.05) is 4.90 Å². The van der Waals surface area contributed by atoms with E-state index in [4.69, 9.17) is 16.6 Å². The molecule has 0 bridgehead atoms. The maximum Gasteiger partial charge on any atom is 0.333 e. The lowest BCUT2D eigenvalue weighted by Gasteiger charge is -2.36. The van der Waals surface area contributed by atoms with Gasteiger partial charge in [0.15, 0.2) is 10.8 Å². The van der Waals surface area contributed by atoms with E-state index in [-0.39, 0.29) is 49.6 Å². The average molecular weight is 772 g/mol. The summed E-state index contributed by atoms with van der Waals surface area (Å²) < 4.78 is 75.4. The summed E-state index contributed by atoms with van der Waals surface area (Å²) in [7, 11) is -4.08. The molecule has 2 N–H and O–H groups in total. The molecule has 4 aromatic heterocycles. The summed E-state index contributed by atoms with van der Waals surface area (Å²) in [5.74, 6) is -0.134. The molecule has 2 fully saturated rings.